The quantitative estimate of drug-likeness (QED) is 0.712. The molecular formula is C20H18BrN3O2. The van der Waals surface area contributed by atoms with Crippen molar-refractivity contribution < 1.29 is 9.59 Å². The Kier molecular flexibility index (Phi) is 3.74. The van der Waals surface area contributed by atoms with Gasteiger partial charge in [-0.25, -0.2) is 14.9 Å². The molecule has 0 bridgehead atoms. The summed E-state index contributed by atoms with van der Waals surface area (Å²) in [5.41, 5.74) is 1.74. The van der Waals surface area contributed by atoms with Gasteiger partial charge in [0.1, 0.15) is 6.04 Å². The van der Waals surface area contributed by atoms with Gasteiger partial charge in [0, 0.05) is 17.6 Å². The number of imide groups is 1. The van der Waals surface area contributed by atoms with Crippen LogP contribution in [0.5, 0.6) is 0 Å². The van der Waals surface area contributed by atoms with E-state index in [1.807, 2.05) is 42.5 Å². The van der Waals surface area contributed by atoms with Gasteiger partial charge in [0.15, 0.2) is 0 Å². The largest absolute Gasteiger partial charge is 0.274 e. The average molecular weight is 412 g/mol. The lowest BCUT2D eigenvalue weighted by atomic mass is 9.90. The second-order valence-corrected chi connectivity index (χ2v) is 7.91. The molecule has 0 unspecified atom stereocenters. The number of hydrogen-bond donors (Lipinski definition) is 0. The smallest absolute Gasteiger partial charge is 0.253 e. The van der Waals surface area contributed by atoms with Crippen LogP contribution in [0.4, 0.5) is 5.69 Å². The molecule has 3 fully saturated rings. The third-order valence-corrected chi connectivity index (χ3v) is 6.11. The summed E-state index contributed by atoms with van der Waals surface area (Å²) in [6.45, 7) is 1.72. The van der Waals surface area contributed by atoms with Crippen molar-refractivity contribution in [2.45, 2.75) is 18.5 Å². The number of carbonyl (C=O) groups is 2. The Hall–Kier alpha value is -2.02. The van der Waals surface area contributed by atoms with E-state index in [4.69, 9.17) is 0 Å². The molecule has 3 aliphatic rings. The summed E-state index contributed by atoms with van der Waals surface area (Å²) in [5.74, 6) is -0.561. The van der Waals surface area contributed by atoms with Gasteiger partial charge in [-0.05, 0) is 30.2 Å². The number of anilines is 1. The lowest BCUT2D eigenvalue weighted by Crippen LogP contribution is -2.44. The lowest BCUT2D eigenvalue weighted by Gasteiger charge is -2.29. The molecule has 26 heavy (non-hydrogen) atoms. The third kappa shape index (κ3) is 2.22. The van der Waals surface area contributed by atoms with Crippen LogP contribution in [0.3, 0.4) is 0 Å². The molecule has 6 heteroatoms. The Balaban J connectivity index is 1.60. The highest BCUT2D eigenvalue weighted by molar-refractivity contribution is 9.10. The number of nitrogens with zero attached hydrogens (tertiary/aromatic N) is 3. The maximum Gasteiger partial charge on any atom is 0.253 e. The van der Waals surface area contributed by atoms with E-state index >= 15 is 0 Å². The molecule has 132 valence electrons. The predicted molar refractivity (Wildman–Crippen MR) is 101 cm³/mol. The second kappa shape index (κ2) is 6.01. The van der Waals surface area contributed by atoms with Crippen LogP contribution < -0.4 is 4.90 Å². The van der Waals surface area contributed by atoms with Gasteiger partial charge >= 0.3 is 0 Å². The number of carbonyl (C=O) groups excluding carboxylic acids is 2. The van der Waals surface area contributed by atoms with E-state index < -0.39 is 6.04 Å². The Morgan fingerprint density at radius 1 is 0.846 bits per heavy atom. The molecule has 3 heterocycles. The zero-order valence-electron chi connectivity index (χ0n) is 14.1. The van der Waals surface area contributed by atoms with Crippen molar-refractivity contribution in [3.8, 4) is 0 Å². The van der Waals surface area contributed by atoms with Crippen LogP contribution in [0.2, 0.25) is 0 Å². The van der Waals surface area contributed by atoms with Crippen molar-refractivity contribution in [3.63, 3.8) is 0 Å². The number of fused-ring (bicyclic) bond motifs is 3. The average Bonchev–Trinajstić information content (AvgIpc) is 3.28. The zero-order valence-corrected chi connectivity index (χ0v) is 15.7. The van der Waals surface area contributed by atoms with E-state index in [9.17, 15) is 9.59 Å². The van der Waals surface area contributed by atoms with Crippen molar-refractivity contribution in [3.05, 3.63) is 64.6 Å². The normalized spacial score (nSPS) is 28.7. The number of halogens is 1. The molecule has 5 rings (SSSR count). The fourth-order valence-corrected chi connectivity index (χ4v) is 5.02. The van der Waals surface area contributed by atoms with E-state index in [-0.39, 0.29) is 23.8 Å². The van der Waals surface area contributed by atoms with E-state index in [0.717, 1.165) is 29.5 Å². The number of benzene rings is 2. The summed E-state index contributed by atoms with van der Waals surface area (Å²) in [6.07, 6.45) is 1.02. The molecule has 3 saturated heterocycles. The summed E-state index contributed by atoms with van der Waals surface area (Å²) in [4.78, 5) is 28.0. The lowest BCUT2D eigenvalue weighted by molar-refractivity contribution is -0.126. The minimum Gasteiger partial charge on any atom is -0.274 e. The van der Waals surface area contributed by atoms with Crippen LogP contribution in [-0.2, 0) is 9.59 Å². The molecule has 2 aromatic carbocycles. The third-order valence-electron chi connectivity index (χ3n) is 5.61. The maximum absolute atomic E-state index is 13.4. The summed E-state index contributed by atoms with van der Waals surface area (Å²) in [5, 5.41) is 4.36. The molecular weight excluding hydrogens is 394 g/mol. The summed E-state index contributed by atoms with van der Waals surface area (Å²) >= 11 is 3.44. The molecule has 0 saturated carbocycles. The maximum atomic E-state index is 13.4. The molecule has 2 aromatic rings. The molecule has 5 nitrogen and oxygen atoms in total. The first-order chi connectivity index (χ1) is 12.7. The fraction of sp³-hybridized carbons (Fsp3) is 0.300. The molecule has 0 radical (unpaired) electrons. The van der Waals surface area contributed by atoms with Gasteiger partial charge in [0.2, 0.25) is 5.91 Å². The molecule has 0 aliphatic carbocycles. The Bertz CT molecular complexity index is 888. The highest BCUT2D eigenvalue weighted by Gasteiger charge is 2.62. The number of amides is 2. The first-order valence-corrected chi connectivity index (χ1v) is 9.67. The van der Waals surface area contributed by atoms with Gasteiger partial charge in [0.25, 0.3) is 5.91 Å². The van der Waals surface area contributed by atoms with Crippen LogP contribution in [0.1, 0.15) is 18.0 Å². The molecule has 0 N–H and O–H groups in total. The Morgan fingerprint density at radius 2 is 1.58 bits per heavy atom. The van der Waals surface area contributed by atoms with Crippen LogP contribution in [0.15, 0.2) is 59.1 Å². The number of hydrogen-bond acceptors (Lipinski definition) is 4. The number of rotatable bonds is 2. The van der Waals surface area contributed by atoms with Gasteiger partial charge in [-0.3, -0.25) is 9.59 Å². The zero-order chi connectivity index (χ0) is 17.8. The standard InChI is InChI=1S/C20H18BrN3O2/c21-14-8-4-9-15(12-14)24-19(25)16-17(13-6-2-1-3-7-13)22-10-5-11-23(22)18(16)20(24)26/h1-4,6-9,12,16-18H,5,10-11H2/t16-,17+,18+/m1/s1. The van der Waals surface area contributed by atoms with Crippen LogP contribution in [-0.4, -0.2) is 41.0 Å². The predicted octanol–water partition coefficient (Wildman–Crippen LogP) is 2.98. The van der Waals surface area contributed by atoms with E-state index in [2.05, 4.69) is 38.1 Å². The van der Waals surface area contributed by atoms with Gasteiger partial charge in [-0.1, -0.05) is 52.3 Å². The van der Waals surface area contributed by atoms with Crippen LogP contribution in [0, 0.1) is 5.92 Å². The van der Waals surface area contributed by atoms with E-state index in [1.165, 1.54) is 4.90 Å². The topological polar surface area (TPSA) is 43.9 Å². The van der Waals surface area contributed by atoms with Crippen molar-refractivity contribution in [1.82, 2.24) is 10.0 Å². The molecule has 2 amide bonds. The first-order valence-electron chi connectivity index (χ1n) is 8.88. The Morgan fingerprint density at radius 3 is 2.31 bits per heavy atom. The van der Waals surface area contributed by atoms with Crippen molar-refractivity contribution in [2.24, 2.45) is 5.92 Å². The van der Waals surface area contributed by atoms with Gasteiger partial charge in [0.05, 0.1) is 17.6 Å². The van der Waals surface area contributed by atoms with Gasteiger partial charge < -0.3 is 0 Å². The minimum atomic E-state index is -0.394. The SMILES string of the molecule is O=C1[C@H]2[C@@H](C(=O)N1c1cccc(Br)c1)N1CCCN1[C@H]2c1ccccc1. The molecule has 0 spiro atoms. The first kappa shape index (κ1) is 16.2. The number of hydrazine groups is 1. The van der Waals surface area contributed by atoms with Gasteiger partial charge in [-0.2, -0.15) is 0 Å². The van der Waals surface area contributed by atoms with Crippen molar-refractivity contribution in [1.29, 1.82) is 0 Å². The van der Waals surface area contributed by atoms with Crippen LogP contribution >= 0.6 is 15.9 Å². The molecule has 3 atom stereocenters. The summed E-state index contributed by atoms with van der Waals surface area (Å²) in [6, 6.07) is 17.0. The Labute approximate surface area is 160 Å². The van der Waals surface area contributed by atoms with E-state index in [0.29, 0.717) is 5.69 Å². The summed E-state index contributed by atoms with van der Waals surface area (Å²) < 4.78 is 0.857. The van der Waals surface area contributed by atoms with Crippen molar-refractivity contribution >= 4 is 33.4 Å². The van der Waals surface area contributed by atoms with Gasteiger partial charge in [-0.15, -0.1) is 0 Å². The van der Waals surface area contributed by atoms with E-state index in [1.54, 1.807) is 0 Å². The minimum absolute atomic E-state index is 0.0719. The second-order valence-electron chi connectivity index (χ2n) is 7.00. The highest BCUT2D eigenvalue weighted by Crippen LogP contribution is 2.48. The molecule has 0 aromatic heterocycles. The van der Waals surface area contributed by atoms with Crippen LogP contribution in [0.25, 0.3) is 0 Å². The monoisotopic (exact) mass is 411 g/mol. The summed E-state index contributed by atoms with van der Waals surface area (Å²) in [7, 11) is 0. The fourth-order valence-electron chi connectivity index (χ4n) is 4.63. The van der Waals surface area contributed by atoms with Crippen molar-refractivity contribution in [2.75, 3.05) is 18.0 Å². The highest BCUT2D eigenvalue weighted by atomic mass is 79.9. The molecule has 3 aliphatic heterocycles.